The Kier molecular flexibility index (Phi) is 3.47. The van der Waals surface area contributed by atoms with Gasteiger partial charge < -0.3 is 13.9 Å². The van der Waals surface area contributed by atoms with E-state index in [2.05, 4.69) is 0 Å². The molecule has 0 amide bonds. The summed E-state index contributed by atoms with van der Waals surface area (Å²) in [5, 5.41) is 0. The molecule has 0 bridgehead atoms. The summed E-state index contributed by atoms with van der Waals surface area (Å²) in [6, 6.07) is 3.32. The minimum absolute atomic E-state index is 0.240. The maximum absolute atomic E-state index is 12.8. The molecule has 1 unspecified atom stereocenters. The van der Waals surface area contributed by atoms with Crippen molar-refractivity contribution in [2.24, 2.45) is 0 Å². The van der Waals surface area contributed by atoms with Gasteiger partial charge in [-0.1, -0.05) is 12.1 Å². The van der Waals surface area contributed by atoms with Gasteiger partial charge in [0.25, 0.3) is 0 Å². The number of carbonyl (C=O) groups excluding carboxylic acids is 4. The van der Waals surface area contributed by atoms with Crippen LogP contribution in [0.1, 0.15) is 50.2 Å². The summed E-state index contributed by atoms with van der Waals surface area (Å²) in [6.45, 7) is 1.71. The fourth-order valence-electron chi connectivity index (χ4n) is 4.17. The second-order valence-electron chi connectivity index (χ2n) is 6.73. The summed E-state index contributed by atoms with van der Waals surface area (Å²) in [5.74, 6) is -1.53. The largest absolute Gasteiger partial charge is 0.468 e. The molecule has 2 aliphatic carbocycles. The van der Waals surface area contributed by atoms with E-state index in [1.54, 1.807) is 19.1 Å². The van der Waals surface area contributed by atoms with Crippen LogP contribution in [0.5, 0.6) is 0 Å². The molecule has 26 heavy (non-hydrogen) atoms. The Morgan fingerprint density at radius 1 is 1.23 bits per heavy atom. The number of aryl methyl sites for hydroxylation is 1. The van der Waals surface area contributed by atoms with Crippen LogP contribution in [0.15, 0.2) is 22.8 Å². The molecular formula is C20H16O6. The molecule has 1 atom stereocenters. The number of furan rings is 1. The number of rotatable bonds is 2. The van der Waals surface area contributed by atoms with Crippen LogP contribution in [0, 0.1) is 6.92 Å². The first-order valence-corrected chi connectivity index (χ1v) is 8.35. The quantitative estimate of drug-likeness (QED) is 0.357. The number of hydrogen-bond acceptors (Lipinski definition) is 6. The van der Waals surface area contributed by atoms with Crippen LogP contribution in [0.2, 0.25) is 0 Å². The van der Waals surface area contributed by atoms with Crippen LogP contribution in [-0.2, 0) is 26.2 Å². The average molecular weight is 352 g/mol. The number of carbonyl (C=O) groups is 4. The predicted molar refractivity (Wildman–Crippen MR) is 90.2 cm³/mol. The van der Waals surface area contributed by atoms with Gasteiger partial charge >= 0.3 is 5.97 Å². The second-order valence-corrected chi connectivity index (χ2v) is 6.73. The summed E-state index contributed by atoms with van der Waals surface area (Å²) >= 11 is 0. The van der Waals surface area contributed by atoms with Crippen molar-refractivity contribution in [3.05, 3.63) is 46.2 Å². The summed E-state index contributed by atoms with van der Waals surface area (Å²) < 4.78 is 10.4. The van der Waals surface area contributed by atoms with Gasteiger partial charge in [-0.2, -0.15) is 0 Å². The van der Waals surface area contributed by atoms with E-state index in [0.29, 0.717) is 53.6 Å². The summed E-state index contributed by atoms with van der Waals surface area (Å²) in [5.41, 5.74) is 1.22. The Bertz CT molecular complexity index is 996. The molecule has 0 spiro atoms. The van der Waals surface area contributed by atoms with Gasteiger partial charge in [0, 0.05) is 11.1 Å². The van der Waals surface area contributed by atoms with E-state index in [1.165, 1.54) is 13.4 Å². The smallest absolute Gasteiger partial charge is 0.323 e. The minimum Gasteiger partial charge on any atom is -0.468 e. The van der Waals surface area contributed by atoms with Crippen molar-refractivity contribution < 1.29 is 28.3 Å². The van der Waals surface area contributed by atoms with Crippen LogP contribution >= 0.6 is 0 Å². The second kappa shape index (κ2) is 5.49. The fourth-order valence-corrected chi connectivity index (χ4v) is 4.17. The van der Waals surface area contributed by atoms with Gasteiger partial charge in [0.15, 0.2) is 0 Å². The highest BCUT2D eigenvalue weighted by Gasteiger charge is 2.47. The van der Waals surface area contributed by atoms with E-state index in [1.807, 2.05) is 0 Å². The predicted octanol–water partition coefficient (Wildman–Crippen LogP) is 2.58. The number of Topliss-reactive ketones (excluding diaryl/α,β-unsaturated/α-hetero) is 2. The third kappa shape index (κ3) is 1.87. The maximum atomic E-state index is 12.8. The van der Waals surface area contributed by atoms with Crippen molar-refractivity contribution in [1.29, 1.82) is 0 Å². The van der Waals surface area contributed by atoms with Gasteiger partial charge in [-0.15, -0.1) is 0 Å². The molecule has 0 fully saturated rings. The van der Waals surface area contributed by atoms with Gasteiger partial charge in [-0.05, 0) is 42.9 Å². The van der Waals surface area contributed by atoms with Crippen molar-refractivity contribution in [1.82, 2.24) is 0 Å². The Morgan fingerprint density at radius 3 is 2.65 bits per heavy atom. The van der Waals surface area contributed by atoms with E-state index in [0.717, 1.165) is 0 Å². The molecule has 2 aromatic rings. The first-order valence-electron chi connectivity index (χ1n) is 8.35. The standard InChI is InChI=1S/C20H16O6/c1-10-8-26-18-12-5-6-13-11(15(12)17(23)16(22)14(10)18)4-3-7-20(13,9-21)19(24)25-2/h5-6,8-9H,3-4,7H2,1-2H3. The maximum Gasteiger partial charge on any atom is 0.323 e. The Balaban J connectivity index is 2.04. The lowest BCUT2D eigenvalue weighted by atomic mass is 9.67. The fraction of sp³-hybridized carbons (Fsp3) is 0.300. The molecule has 0 radical (unpaired) electrons. The lowest BCUT2D eigenvalue weighted by molar-refractivity contribution is -0.150. The Hall–Kier alpha value is -3.02. The van der Waals surface area contributed by atoms with Gasteiger partial charge in [0.05, 0.1) is 18.9 Å². The third-order valence-corrected chi connectivity index (χ3v) is 5.42. The van der Waals surface area contributed by atoms with E-state index < -0.39 is 23.0 Å². The summed E-state index contributed by atoms with van der Waals surface area (Å²) in [4.78, 5) is 49.7. The molecule has 0 saturated heterocycles. The zero-order valence-corrected chi connectivity index (χ0v) is 14.4. The Labute approximate surface area is 149 Å². The number of aldehydes is 1. The first kappa shape index (κ1) is 16.4. The lowest BCUT2D eigenvalue weighted by Gasteiger charge is -2.34. The van der Waals surface area contributed by atoms with Crippen molar-refractivity contribution in [2.75, 3.05) is 7.11 Å². The molecule has 2 aliphatic rings. The minimum atomic E-state index is -1.44. The van der Waals surface area contributed by atoms with Gasteiger partial charge in [-0.25, -0.2) is 0 Å². The Morgan fingerprint density at radius 2 is 1.96 bits per heavy atom. The molecule has 6 nitrogen and oxygen atoms in total. The molecule has 6 heteroatoms. The number of esters is 1. The molecule has 0 aliphatic heterocycles. The van der Waals surface area contributed by atoms with Crippen molar-refractivity contribution in [3.63, 3.8) is 0 Å². The number of ketones is 2. The van der Waals surface area contributed by atoms with Crippen molar-refractivity contribution >= 4 is 23.8 Å². The molecule has 0 N–H and O–H groups in total. The number of fused-ring (bicyclic) bond motifs is 5. The van der Waals surface area contributed by atoms with Crippen molar-refractivity contribution in [3.8, 4) is 11.3 Å². The normalized spacial score (nSPS) is 20.8. The van der Waals surface area contributed by atoms with Crippen LogP contribution in [0.4, 0.5) is 0 Å². The van der Waals surface area contributed by atoms with E-state index >= 15 is 0 Å². The molecular weight excluding hydrogens is 336 g/mol. The highest BCUT2D eigenvalue weighted by molar-refractivity contribution is 6.53. The average Bonchev–Trinajstić information content (AvgIpc) is 3.05. The molecule has 1 aromatic heterocycles. The van der Waals surface area contributed by atoms with Crippen LogP contribution in [-0.4, -0.2) is 30.9 Å². The number of ether oxygens (including phenoxy) is 1. The van der Waals surface area contributed by atoms with Crippen LogP contribution < -0.4 is 0 Å². The molecule has 132 valence electrons. The summed E-state index contributed by atoms with van der Waals surface area (Å²) in [7, 11) is 1.23. The zero-order chi connectivity index (χ0) is 18.6. The zero-order valence-electron chi connectivity index (χ0n) is 14.4. The van der Waals surface area contributed by atoms with Crippen LogP contribution in [0.25, 0.3) is 11.3 Å². The van der Waals surface area contributed by atoms with Gasteiger partial charge in [0.1, 0.15) is 17.5 Å². The number of methoxy groups -OCH3 is 1. The van der Waals surface area contributed by atoms with Crippen LogP contribution in [0.3, 0.4) is 0 Å². The molecule has 0 saturated carbocycles. The monoisotopic (exact) mass is 352 g/mol. The van der Waals surface area contributed by atoms with E-state index in [4.69, 9.17) is 9.15 Å². The summed E-state index contributed by atoms with van der Waals surface area (Å²) in [6.07, 6.45) is 3.37. The number of hydrogen-bond donors (Lipinski definition) is 0. The highest BCUT2D eigenvalue weighted by atomic mass is 16.5. The first-order chi connectivity index (χ1) is 12.5. The van der Waals surface area contributed by atoms with Gasteiger partial charge in [-0.3, -0.25) is 14.4 Å². The SMILES string of the molecule is COC(=O)C1(C=O)CCCc2c1ccc1c2C(=O)C(=O)c2c(C)coc2-1. The molecule has 1 heterocycles. The number of benzene rings is 1. The van der Waals surface area contributed by atoms with Crippen molar-refractivity contribution in [2.45, 2.75) is 31.6 Å². The van der Waals surface area contributed by atoms with E-state index in [9.17, 15) is 19.2 Å². The topological polar surface area (TPSA) is 90.7 Å². The molecule has 4 rings (SSSR count). The van der Waals surface area contributed by atoms with Gasteiger partial charge in [0.2, 0.25) is 11.6 Å². The van der Waals surface area contributed by atoms with E-state index in [-0.39, 0.29) is 11.1 Å². The lowest BCUT2D eigenvalue weighted by Crippen LogP contribution is -2.42. The highest BCUT2D eigenvalue weighted by Crippen LogP contribution is 2.44. The molecule has 1 aromatic carbocycles. The third-order valence-electron chi connectivity index (χ3n) is 5.42.